The van der Waals surface area contributed by atoms with Crippen molar-refractivity contribution in [1.82, 2.24) is 4.98 Å². The van der Waals surface area contributed by atoms with Gasteiger partial charge in [0.15, 0.2) is 0 Å². The van der Waals surface area contributed by atoms with Crippen molar-refractivity contribution < 1.29 is 14.5 Å². The number of ether oxygens (including phenoxy) is 1. The number of nitro benzene ring substituents is 1. The summed E-state index contributed by atoms with van der Waals surface area (Å²) in [6, 6.07) is 10.9. The van der Waals surface area contributed by atoms with E-state index in [1.807, 2.05) is 0 Å². The lowest BCUT2D eigenvalue weighted by atomic mass is 10.1. The second kappa shape index (κ2) is 5.26. The van der Waals surface area contributed by atoms with Gasteiger partial charge in [0.05, 0.1) is 17.7 Å². The summed E-state index contributed by atoms with van der Waals surface area (Å²) < 4.78 is 4.58. The highest BCUT2D eigenvalue weighted by atomic mass is 16.6. The maximum atomic E-state index is 11.4. The van der Waals surface area contributed by atoms with Crippen LogP contribution in [0.15, 0.2) is 42.5 Å². The molecule has 0 unspecified atom stereocenters. The minimum atomic E-state index is -0.549. The van der Waals surface area contributed by atoms with Crippen molar-refractivity contribution >= 4 is 11.7 Å². The van der Waals surface area contributed by atoms with E-state index in [1.165, 1.54) is 25.3 Å². The highest BCUT2D eigenvalue weighted by Crippen LogP contribution is 2.22. The van der Waals surface area contributed by atoms with E-state index < -0.39 is 10.9 Å². The third-order valence-electron chi connectivity index (χ3n) is 2.50. The zero-order valence-electron chi connectivity index (χ0n) is 10.1. The van der Waals surface area contributed by atoms with Gasteiger partial charge in [-0.25, -0.2) is 9.78 Å². The van der Waals surface area contributed by atoms with Crippen LogP contribution >= 0.6 is 0 Å². The van der Waals surface area contributed by atoms with E-state index in [4.69, 9.17) is 0 Å². The Labute approximate surface area is 108 Å². The quantitative estimate of drug-likeness (QED) is 0.479. The fraction of sp³-hybridized carbons (Fsp3) is 0.0769. The molecule has 0 aliphatic rings. The van der Waals surface area contributed by atoms with Crippen molar-refractivity contribution in [2.45, 2.75) is 0 Å². The molecular weight excluding hydrogens is 248 g/mol. The van der Waals surface area contributed by atoms with E-state index in [1.54, 1.807) is 24.3 Å². The average molecular weight is 258 g/mol. The molecule has 0 saturated carbocycles. The third-order valence-corrected chi connectivity index (χ3v) is 2.50. The zero-order chi connectivity index (χ0) is 13.8. The summed E-state index contributed by atoms with van der Waals surface area (Å²) in [5.41, 5.74) is 1.18. The summed E-state index contributed by atoms with van der Waals surface area (Å²) in [6.07, 6.45) is 0. The van der Waals surface area contributed by atoms with Crippen LogP contribution in [0.3, 0.4) is 0 Å². The zero-order valence-corrected chi connectivity index (χ0v) is 10.1. The molecule has 1 heterocycles. The lowest BCUT2D eigenvalue weighted by Crippen LogP contribution is -2.04. The van der Waals surface area contributed by atoms with E-state index in [0.29, 0.717) is 11.3 Å². The van der Waals surface area contributed by atoms with Crippen LogP contribution < -0.4 is 0 Å². The molecule has 1 aromatic carbocycles. The lowest BCUT2D eigenvalue weighted by Gasteiger charge is -2.03. The number of benzene rings is 1. The van der Waals surface area contributed by atoms with Crippen LogP contribution in [0.2, 0.25) is 0 Å². The van der Waals surface area contributed by atoms with Crippen molar-refractivity contribution in [3.8, 4) is 11.3 Å². The Kier molecular flexibility index (Phi) is 3.51. The topological polar surface area (TPSA) is 82.3 Å². The lowest BCUT2D eigenvalue weighted by molar-refractivity contribution is -0.384. The van der Waals surface area contributed by atoms with Crippen LogP contribution in [-0.2, 0) is 4.74 Å². The first-order valence-corrected chi connectivity index (χ1v) is 5.42. The van der Waals surface area contributed by atoms with Crippen LogP contribution in [-0.4, -0.2) is 23.0 Å². The number of pyridine rings is 1. The fourth-order valence-electron chi connectivity index (χ4n) is 1.59. The first-order chi connectivity index (χ1) is 9.11. The number of aromatic nitrogens is 1. The van der Waals surface area contributed by atoms with Gasteiger partial charge < -0.3 is 4.74 Å². The average Bonchev–Trinajstić information content (AvgIpc) is 2.46. The number of rotatable bonds is 3. The largest absolute Gasteiger partial charge is 0.464 e. The Balaban J connectivity index is 2.44. The van der Waals surface area contributed by atoms with Gasteiger partial charge in [-0.2, -0.15) is 0 Å². The second-order valence-electron chi connectivity index (χ2n) is 3.71. The second-order valence-corrected chi connectivity index (χ2v) is 3.71. The predicted octanol–water partition coefficient (Wildman–Crippen LogP) is 2.44. The van der Waals surface area contributed by atoms with Gasteiger partial charge >= 0.3 is 5.97 Å². The summed E-state index contributed by atoms with van der Waals surface area (Å²) in [4.78, 5) is 25.7. The van der Waals surface area contributed by atoms with Gasteiger partial charge in [-0.1, -0.05) is 18.2 Å². The summed E-state index contributed by atoms with van der Waals surface area (Å²) in [5, 5.41) is 10.7. The highest BCUT2D eigenvalue weighted by molar-refractivity contribution is 5.87. The number of nitro groups is 1. The maximum absolute atomic E-state index is 11.4. The van der Waals surface area contributed by atoms with Crippen LogP contribution in [0, 0.1) is 10.1 Å². The van der Waals surface area contributed by atoms with Crippen LogP contribution in [0.4, 0.5) is 5.69 Å². The van der Waals surface area contributed by atoms with Crippen molar-refractivity contribution in [1.29, 1.82) is 0 Å². The first kappa shape index (κ1) is 12.7. The van der Waals surface area contributed by atoms with E-state index in [-0.39, 0.29) is 11.4 Å². The van der Waals surface area contributed by atoms with Gasteiger partial charge in [-0.05, 0) is 12.1 Å². The molecule has 0 atom stereocenters. The first-order valence-electron chi connectivity index (χ1n) is 5.42. The van der Waals surface area contributed by atoms with E-state index >= 15 is 0 Å². The number of non-ortho nitro benzene ring substituents is 1. The van der Waals surface area contributed by atoms with E-state index in [9.17, 15) is 14.9 Å². The SMILES string of the molecule is COC(=O)c1cccc(-c2cccc([N+](=O)[O-])c2)n1. The summed E-state index contributed by atoms with van der Waals surface area (Å²) in [7, 11) is 1.27. The van der Waals surface area contributed by atoms with Gasteiger partial charge in [-0.15, -0.1) is 0 Å². The van der Waals surface area contributed by atoms with E-state index in [2.05, 4.69) is 9.72 Å². The molecule has 0 N–H and O–H groups in total. The Morgan fingerprint density at radius 3 is 2.68 bits per heavy atom. The molecule has 0 radical (unpaired) electrons. The summed E-state index contributed by atoms with van der Waals surface area (Å²) >= 11 is 0. The fourth-order valence-corrected chi connectivity index (χ4v) is 1.59. The molecular formula is C13H10N2O4. The molecule has 2 rings (SSSR count). The number of carbonyl (C=O) groups excluding carboxylic acids is 1. The molecule has 0 spiro atoms. The predicted molar refractivity (Wildman–Crippen MR) is 67.7 cm³/mol. The van der Waals surface area contributed by atoms with Crippen LogP contribution in [0.25, 0.3) is 11.3 Å². The molecule has 96 valence electrons. The van der Waals surface area contributed by atoms with Gasteiger partial charge in [0.2, 0.25) is 0 Å². The Hall–Kier alpha value is -2.76. The molecule has 0 amide bonds. The normalized spacial score (nSPS) is 9.95. The molecule has 0 aliphatic carbocycles. The van der Waals surface area contributed by atoms with Crippen LogP contribution in [0.5, 0.6) is 0 Å². The van der Waals surface area contributed by atoms with Gasteiger partial charge in [-0.3, -0.25) is 10.1 Å². The number of hydrogen-bond acceptors (Lipinski definition) is 5. The van der Waals surface area contributed by atoms with Crippen molar-refractivity contribution in [2.75, 3.05) is 7.11 Å². The summed E-state index contributed by atoms with van der Waals surface area (Å²) in [6.45, 7) is 0. The van der Waals surface area contributed by atoms with Crippen molar-refractivity contribution in [3.63, 3.8) is 0 Å². The Morgan fingerprint density at radius 2 is 2.00 bits per heavy atom. The van der Waals surface area contributed by atoms with Gasteiger partial charge in [0, 0.05) is 17.7 Å². The number of methoxy groups -OCH3 is 1. The number of hydrogen-bond donors (Lipinski definition) is 0. The molecule has 0 fully saturated rings. The molecule has 1 aromatic heterocycles. The standard InChI is InChI=1S/C13H10N2O4/c1-19-13(16)12-7-3-6-11(14-12)9-4-2-5-10(8-9)15(17)18/h2-8H,1H3. The number of carbonyl (C=O) groups is 1. The van der Waals surface area contributed by atoms with Gasteiger partial charge in [0.25, 0.3) is 5.69 Å². The molecule has 0 aliphatic heterocycles. The minimum Gasteiger partial charge on any atom is -0.464 e. The number of esters is 1. The Bertz CT molecular complexity index is 640. The molecule has 0 saturated heterocycles. The highest BCUT2D eigenvalue weighted by Gasteiger charge is 2.11. The van der Waals surface area contributed by atoms with E-state index in [0.717, 1.165) is 0 Å². The molecule has 19 heavy (non-hydrogen) atoms. The Morgan fingerprint density at radius 1 is 1.26 bits per heavy atom. The summed E-state index contributed by atoms with van der Waals surface area (Å²) in [5.74, 6) is -0.549. The maximum Gasteiger partial charge on any atom is 0.356 e. The van der Waals surface area contributed by atoms with Crippen LogP contribution in [0.1, 0.15) is 10.5 Å². The molecule has 0 bridgehead atoms. The smallest absolute Gasteiger partial charge is 0.356 e. The molecule has 6 nitrogen and oxygen atoms in total. The molecule has 6 heteroatoms. The monoisotopic (exact) mass is 258 g/mol. The molecule has 2 aromatic rings. The minimum absolute atomic E-state index is 0.0252. The third kappa shape index (κ3) is 2.74. The number of nitrogens with zero attached hydrogens (tertiary/aromatic N) is 2. The van der Waals surface area contributed by atoms with Gasteiger partial charge in [0.1, 0.15) is 5.69 Å². The van der Waals surface area contributed by atoms with Crippen molar-refractivity contribution in [2.24, 2.45) is 0 Å². The van der Waals surface area contributed by atoms with Crippen molar-refractivity contribution in [3.05, 3.63) is 58.3 Å².